The van der Waals surface area contributed by atoms with Crippen LogP contribution in [0.5, 0.6) is 0 Å². The van der Waals surface area contributed by atoms with E-state index in [-0.39, 0.29) is 11.9 Å². The molecule has 0 aliphatic carbocycles. The standard InChI is InChI=1S/C16H24O2S/c1-13(2)9-10-19-12-14(3)16(17)18-11-15-7-5-4-6-8-15/h4-8,13-14H,9-12H2,1-3H3. The maximum Gasteiger partial charge on any atom is 0.309 e. The Kier molecular flexibility index (Phi) is 7.65. The molecule has 0 radical (unpaired) electrons. The molecule has 0 fully saturated rings. The summed E-state index contributed by atoms with van der Waals surface area (Å²) in [7, 11) is 0. The molecule has 0 aromatic heterocycles. The lowest BCUT2D eigenvalue weighted by molar-refractivity contribution is -0.148. The molecule has 0 saturated carbocycles. The van der Waals surface area contributed by atoms with E-state index in [1.165, 1.54) is 6.42 Å². The summed E-state index contributed by atoms with van der Waals surface area (Å²) in [5.74, 6) is 2.57. The molecule has 3 heteroatoms. The minimum Gasteiger partial charge on any atom is -0.461 e. The maximum absolute atomic E-state index is 11.8. The van der Waals surface area contributed by atoms with Gasteiger partial charge in [-0.05, 0) is 23.7 Å². The third kappa shape index (κ3) is 7.26. The van der Waals surface area contributed by atoms with Crippen molar-refractivity contribution >= 4 is 17.7 Å². The zero-order valence-electron chi connectivity index (χ0n) is 12.1. The number of hydrogen-bond acceptors (Lipinski definition) is 3. The van der Waals surface area contributed by atoms with E-state index in [0.717, 1.165) is 23.0 Å². The van der Waals surface area contributed by atoms with Crippen LogP contribution in [-0.4, -0.2) is 17.5 Å². The average Bonchev–Trinajstić information content (AvgIpc) is 2.41. The first-order valence-electron chi connectivity index (χ1n) is 6.88. The monoisotopic (exact) mass is 280 g/mol. The highest BCUT2D eigenvalue weighted by Crippen LogP contribution is 2.14. The quantitative estimate of drug-likeness (QED) is 0.528. The minimum atomic E-state index is -0.0964. The molecule has 0 bridgehead atoms. The Morgan fingerprint density at radius 2 is 1.89 bits per heavy atom. The second kappa shape index (κ2) is 9.03. The van der Waals surface area contributed by atoms with Crippen molar-refractivity contribution in [3.63, 3.8) is 0 Å². The second-order valence-corrected chi connectivity index (χ2v) is 6.40. The highest BCUT2D eigenvalue weighted by molar-refractivity contribution is 7.99. The van der Waals surface area contributed by atoms with Gasteiger partial charge < -0.3 is 4.74 Å². The Balaban J connectivity index is 2.18. The van der Waals surface area contributed by atoms with Crippen molar-refractivity contribution in [1.82, 2.24) is 0 Å². The number of carbonyl (C=O) groups excluding carboxylic acids is 1. The molecule has 1 atom stereocenters. The van der Waals surface area contributed by atoms with Gasteiger partial charge in [-0.2, -0.15) is 11.8 Å². The van der Waals surface area contributed by atoms with Crippen LogP contribution in [0.2, 0.25) is 0 Å². The Bertz CT molecular complexity index is 362. The zero-order chi connectivity index (χ0) is 14.1. The number of hydrogen-bond donors (Lipinski definition) is 0. The minimum absolute atomic E-state index is 0.0270. The number of rotatable bonds is 8. The fourth-order valence-corrected chi connectivity index (χ4v) is 2.81. The molecule has 0 N–H and O–H groups in total. The van der Waals surface area contributed by atoms with Crippen molar-refractivity contribution in [3.8, 4) is 0 Å². The van der Waals surface area contributed by atoms with Crippen molar-refractivity contribution in [1.29, 1.82) is 0 Å². The topological polar surface area (TPSA) is 26.3 Å². The van der Waals surface area contributed by atoms with Crippen molar-refractivity contribution in [2.45, 2.75) is 33.8 Å². The van der Waals surface area contributed by atoms with Gasteiger partial charge in [0.05, 0.1) is 5.92 Å². The predicted molar refractivity (Wildman–Crippen MR) is 82.2 cm³/mol. The van der Waals surface area contributed by atoms with E-state index in [4.69, 9.17) is 4.74 Å². The van der Waals surface area contributed by atoms with Gasteiger partial charge >= 0.3 is 5.97 Å². The summed E-state index contributed by atoms with van der Waals surface area (Å²) in [6.07, 6.45) is 1.20. The van der Waals surface area contributed by atoms with Crippen LogP contribution in [-0.2, 0) is 16.1 Å². The molecule has 0 aliphatic rings. The van der Waals surface area contributed by atoms with Gasteiger partial charge in [0.25, 0.3) is 0 Å². The van der Waals surface area contributed by atoms with Crippen molar-refractivity contribution in [2.24, 2.45) is 11.8 Å². The average molecular weight is 280 g/mol. The molecular weight excluding hydrogens is 256 g/mol. The molecule has 2 nitrogen and oxygen atoms in total. The van der Waals surface area contributed by atoms with Gasteiger partial charge in [0.1, 0.15) is 6.61 Å². The summed E-state index contributed by atoms with van der Waals surface area (Å²) in [6, 6.07) is 9.80. The van der Waals surface area contributed by atoms with E-state index >= 15 is 0 Å². The van der Waals surface area contributed by atoms with Crippen LogP contribution in [0.15, 0.2) is 30.3 Å². The molecule has 1 unspecified atom stereocenters. The molecular formula is C16H24O2S. The number of benzene rings is 1. The Morgan fingerprint density at radius 3 is 2.53 bits per heavy atom. The molecule has 0 aliphatic heterocycles. The van der Waals surface area contributed by atoms with Gasteiger partial charge in [0, 0.05) is 5.75 Å². The van der Waals surface area contributed by atoms with Gasteiger partial charge in [-0.3, -0.25) is 4.79 Å². The van der Waals surface area contributed by atoms with E-state index in [1.807, 2.05) is 49.0 Å². The van der Waals surface area contributed by atoms with Crippen LogP contribution < -0.4 is 0 Å². The second-order valence-electron chi connectivity index (χ2n) is 5.25. The van der Waals surface area contributed by atoms with Crippen LogP contribution in [0.4, 0.5) is 0 Å². The van der Waals surface area contributed by atoms with E-state index in [2.05, 4.69) is 13.8 Å². The molecule has 1 rings (SSSR count). The third-order valence-corrected chi connectivity index (χ3v) is 4.09. The first-order valence-corrected chi connectivity index (χ1v) is 8.03. The number of thioether (sulfide) groups is 1. The lowest BCUT2D eigenvalue weighted by Crippen LogP contribution is -2.17. The van der Waals surface area contributed by atoms with Gasteiger partial charge in [0.15, 0.2) is 0 Å². The van der Waals surface area contributed by atoms with Crippen LogP contribution in [0.1, 0.15) is 32.8 Å². The summed E-state index contributed by atoms with van der Waals surface area (Å²) in [5, 5.41) is 0. The summed E-state index contributed by atoms with van der Waals surface area (Å²) >= 11 is 1.84. The first kappa shape index (κ1) is 16.1. The summed E-state index contributed by atoms with van der Waals surface area (Å²) < 4.78 is 5.32. The molecule has 19 heavy (non-hydrogen) atoms. The van der Waals surface area contributed by atoms with E-state index in [0.29, 0.717) is 6.61 Å². The van der Waals surface area contributed by atoms with Gasteiger partial charge in [-0.25, -0.2) is 0 Å². The van der Waals surface area contributed by atoms with E-state index in [9.17, 15) is 4.79 Å². The lowest BCUT2D eigenvalue weighted by atomic mass is 10.2. The summed E-state index contributed by atoms with van der Waals surface area (Å²) in [5.41, 5.74) is 1.04. The van der Waals surface area contributed by atoms with E-state index in [1.54, 1.807) is 0 Å². The van der Waals surface area contributed by atoms with Crippen molar-refractivity contribution < 1.29 is 9.53 Å². The van der Waals surface area contributed by atoms with E-state index < -0.39 is 0 Å². The molecule has 106 valence electrons. The Labute approximate surface area is 120 Å². The number of esters is 1. The largest absolute Gasteiger partial charge is 0.461 e. The molecule has 0 amide bonds. The fraction of sp³-hybridized carbons (Fsp3) is 0.562. The van der Waals surface area contributed by atoms with Crippen molar-refractivity contribution in [2.75, 3.05) is 11.5 Å². The molecule has 0 heterocycles. The van der Waals surface area contributed by atoms with Crippen LogP contribution in [0, 0.1) is 11.8 Å². The normalized spacial score (nSPS) is 12.4. The highest BCUT2D eigenvalue weighted by Gasteiger charge is 2.14. The maximum atomic E-state index is 11.8. The smallest absolute Gasteiger partial charge is 0.309 e. The molecule has 0 spiro atoms. The predicted octanol–water partition coefficient (Wildman–Crippen LogP) is 4.15. The zero-order valence-corrected chi connectivity index (χ0v) is 12.9. The number of carbonyl (C=O) groups is 1. The lowest BCUT2D eigenvalue weighted by Gasteiger charge is -2.11. The fourth-order valence-electron chi connectivity index (χ4n) is 1.52. The Hall–Kier alpha value is -0.960. The highest BCUT2D eigenvalue weighted by atomic mass is 32.2. The van der Waals surface area contributed by atoms with Crippen molar-refractivity contribution in [3.05, 3.63) is 35.9 Å². The summed E-state index contributed by atoms with van der Waals surface area (Å²) in [4.78, 5) is 11.8. The van der Waals surface area contributed by atoms with Gasteiger partial charge in [0.2, 0.25) is 0 Å². The summed E-state index contributed by atoms with van der Waals surface area (Å²) in [6.45, 7) is 6.76. The van der Waals surface area contributed by atoms with Gasteiger partial charge in [-0.1, -0.05) is 51.1 Å². The van der Waals surface area contributed by atoms with Crippen LogP contribution in [0.25, 0.3) is 0 Å². The van der Waals surface area contributed by atoms with Gasteiger partial charge in [-0.15, -0.1) is 0 Å². The molecule has 0 saturated heterocycles. The Morgan fingerprint density at radius 1 is 1.21 bits per heavy atom. The molecule has 1 aromatic rings. The van der Waals surface area contributed by atoms with Crippen LogP contribution in [0.3, 0.4) is 0 Å². The number of ether oxygens (including phenoxy) is 1. The molecule has 1 aromatic carbocycles. The van der Waals surface area contributed by atoms with Crippen LogP contribution >= 0.6 is 11.8 Å². The third-order valence-electron chi connectivity index (χ3n) is 2.83. The first-order chi connectivity index (χ1) is 9.09. The SMILES string of the molecule is CC(C)CCSCC(C)C(=O)OCc1ccccc1.